The lowest BCUT2D eigenvalue weighted by Crippen LogP contribution is -2.39. The van der Waals surface area contributed by atoms with Crippen LogP contribution in [0.1, 0.15) is 10.4 Å². The third kappa shape index (κ3) is 3.63. The van der Waals surface area contributed by atoms with Gasteiger partial charge < -0.3 is 14.8 Å². The van der Waals surface area contributed by atoms with E-state index < -0.39 is 0 Å². The summed E-state index contributed by atoms with van der Waals surface area (Å²) in [7, 11) is 0. The van der Waals surface area contributed by atoms with E-state index in [1.807, 2.05) is 22.6 Å². The van der Waals surface area contributed by atoms with Crippen LogP contribution < -0.4 is 5.32 Å². The molecule has 2 rings (SSSR count). The summed E-state index contributed by atoms with van der Waals surface area (Å²) in [5, 5.41) is 2.76. The van der Waals surface area contributed by atoms with Crippen LogP contribution in [0.25, 0.3) is 0 Å². The fraction of sp³-hybridized carbons (Fsp3) is 0.417. The standard InChI is InChI=1S/C12H13FINO3/c13-8-1-2-10(11(14)5-8)12(16)15-6-9-7-17-3-4-18-9/h1-2,5,9H,3-4,6-7H2,(H,15,16). The van der Waals surface area contributed by atoms with E-state index in [0.717, 1.165) is 0 Å². The second-order valence-corrected chi connectivity index (χ2v) is 5.06. The fourth-order valence-electron chi connectivity index (χ4n) is 1.63. The summed E-state index contributed by atoms with van der Waals surface area (Å²) < 4.78 is 24.1. The maximum absolute atomic E-state index is 12.9. The van der Waals surface area contributed by atoms with E-state index in [1.165, 1.54) is 18.2 Å². The minimum atomic E-state index is -0.347. The van der Waals surface area contributed by atoms with Crippen LogP contribution in [0.15, 0.2) is 18.2 Å². The molecule has 4 nitrogen and oxygen atoms in total. The third-order valence-corrected chi connectivity index (χ3v) is 3.44. The van der Waals surface area contributed by atoms with Crippen LogP contribution in [-0.4, -0.2) is 38.4 Å². The Morgan fingerprint density at radius 1 is 1.50 bits per heavy atom. The molecule has 0 radical (unpaired) electrons. The number of carbonyl (C=O) groups excluding carboxylic acids is 1. The highest BCUT2D eigenvalue weighted by Gasteiger charge is 2.16. The zero-order chi connectivity index (χ0) is 13.0. The van der Waals surface area contributed by atoms with E-state index in [-0.39, 0.29) is 17.8 Å². The molecule has 1 unspecified atom stereocenters. The van der Waals surface area contributed by atoms with E-state index in [9.17, 15) is 9.18 Å². The van der Waals surface area contributed by atoms with Crippen LogP contribution in [-0.2, 0) is 9.47 Å². The van der Waals surface area contributed by atoms with Gasteiger partial charge in [-0.05, 0) is 40.8 Å². The summed E-state index contributed by atoms with van der Waals surface area (Å²) in [4.78, 5) is 11.9. The number of nitrogens with one attached hydrogen (secondary N) is 1. The van der Waals surface area contributed by atoms with Crippen molar-refractivity contribution in [1.82, 2.24) is 5.32 Å². The molecule has 18 heavy (non-hydrogen) atoms. The van der Waals surface area contributed by atoms with Crippen molar-refractivity contribution in [3.8, 4) is 0 Å². The summed E-state index contributed by atoms with van der Waals surface area (Å²) in [5.41, 5.74) is 0.466. The maximum atomic E-state index is 12.9. The largest absolute Gasteiger partial charge is 0.376 e. The molecule has 1 aliphatic rings. The highest BCUT2D eigenvalue weighted by Crippen LogP contribution is 2.13. The van der Waals surface area contributed by atoms with Gasteiger partial charge in [-0.15, -0.1) is 0 Å². The summed E-state index contributed by atoms with van der Waals surface area (Å²) in [6.45, 7) is 2.03. The molecule has 1 aliphatic heterocycles. The van der Waals surface area contributed by atoms with Crippen LogP contribution in [0.4, 0.5) is 4.39 Å². The number of carbonyl (C=O) groups is 1. The Morgan fingerprint density at radius 2 is 2.33 bits per heavy atom. The summed E-state index contributed by atoms with van der Waals surface area (Å²) in [5.74, 6) is -0.575. The number of hydrogen-bond acceptors (Lipinski definition) is 3. The second kappa shape index (κ2) is 6.44. The molecule has 1 amide bonds. The van der Waals surface area contributed by atoms with Crippen LogP contribution >= 0.6 is 22.6 Å². The molecule has 1 atom stereocenters. The van der Waals surface area contributed by atoms with Crippen LogP contribution in [0, 0.1) is 9.39 Å². The number of ether oxygens (including phenoxy) is 2. The number of rotatable bonds is 3. The molecule has 0 bridgehead atoms. The molecule has 0 saturated carbocycles. The molecular formula is C12H13FINO3. The highest BCUT2D eigenvalue weighted by atomic mass is 127. The predicted octanol–water partition coefficient (Wildman–Crippen LogP) is 1.58. The number of hydrogen-bond donors (Lipinski definition) is 1. The van der Waals surface area contributed by atoms with Gasteiger partial charge in [0.25, 0.3) is 5.91 Å². The molecule has 6 heteroatoms. The smallest absolute Gasteiger partial charge is 0.252 e. The molecule has 1 fully saturated rings. The van der Waals surface area contributed by atoms with Gasteiger partial charge in [-0.2, -0.15) is 0 Å². The van der Waals surface area contributed by atoms with Crippen molar-refractivity contribution in [3.05, 3.63) is 33.1 Å². The molecule has 1 aromatic rings. The van der Waals surface area contributed by atoms with E-state index >= 15 is 0 Å². The Bertz CT molecular complexity index is 435. The third-order valence-electron chi connectivity index (χ3n) is 2.55. The average Bonchev–Trinajstić information content (AvgIpc) is 2.37. The zero-order valence-corrected chi connectivity index (χ0v) is 11.8. The van der Waals surface area contributed by atoms with Gasteiger partial charge in [-0.3, -0.25) is 4.79 Å². The topological polar surface area (TPSA) is 47.6 Å². The highest BCUT2D eigenvalue weighted by molar-refractivity contribution is 14.1. The van der Waals surface area contributed by atoms with Crippen molar-refractivity contribution >= 4 is 28.5 Å². The normalized spacial score (nSPS) is 19.6. The molecule has 0 aliphatic carbocycles. The Hall–Kier alpha value is -0.730. The number of halogens is 2. The van der Waals surface area contributed by atoms with E-state index in [0.29, 0.717) is 35.5 Å². The van der Waals surface area contributed by atoms with Crippen LogP contribution in [0.5, 0.6) is 0 Å². The van der Waals surface area contributed by atoms with E-state index in [2.05, 4.69) is 5.32 Å². The minimum Gasteiger partial charge on any atom is -0.376 e. The first-order valence-electron chi connectivity index (χ1n) is 5.59. The van der Waals surface area contributed by atoms with Crippen molar-refractivity contribution in [2.24, 2.45) is 0 Å². The van der Waals surface area contributed by atoms with Crippen molar-refractivity contribution in [2.45, 2.75) is 6.10 Å². The molecule has 1 heterocycles. The molecule has 1 saturated heterocycles. The Kier molecular flexibility index (Phi) is 4.90. The monoisotopic (exact) mass is 365 g/mol. The summed E-state index contributed by atoms with van der Waals surface area (Å²) >= 11 is 1.94. The first-order chi connectivity index (χ1) is 8.66. The van der Waals surface area contributed by atoms with Crippen LogP contribution in [0.2, 0.25) is 0 Å². The minimum absolute atomic E-state index is 0.110. The Labute approximate surface area is 118 Å². The van der Waals surface area contributed by atoms with Gasteiger partial charge in [-0.25, -0.2) is 4.39 Å². The summed E-state index contributed by atoms with van der Waals surface area (Å²) in [6.07, 6.45) is -0.110. The van der Waals surface area contributed by atoms with Gasteiger partial charge in [0.05, 0.1) is 31.5 Å². The molecule has 1 aromatic carbocycles. The van der Waals surface area contributed by atoms with Gasteiger partial charge in [0, 0.05) is 10.1 Å². The van der Waals surface area contributed by atoms with Gasteiger partial charge in [0.2, 0.25) is 0 Å². The van der Waals surface area contributed by atoms with Gasteiger partial charge in [0.1, 0.15) is 5.82 Å². The average molecular weight is 365 g/mol. The molecule has 0 spiro atoms. The number of benzene rings is 1. The van der Waals surface area contributed by atoms with Crippen molar-refractivity contribution in [1.29, 1.82) is 0 Å². The lowest BCUT2D eigenvalue weighted by Gasteiger charge is -2.23. The van der Waals surface area contributed by atoms with Crippen molar-refractivity contribution < 1.29 is 18.7 Å². The number of amides is 1. The summed E-state index contributed by atoms with van der Waals surface area (Å²) in [6, 6.07) is 4.08. The maximum Gasteiger partial charge on any atom is 0.252 e. The van der Waals surface area contributed by atoms with Gasteiger partial charge in [0.15, 0.2) is 0 Å². The van der Waals surface area contributed by atoms with E-state index in [4.69, 9.17) is 9.47 Å². The molecular weight excluding hydrogens is 352 g/mol. The zero-order valence-electron chi connectivity index (χ0n) is 9.62. The first kappa shape index (κ1) is 13.7. The lowest BCUT2D eigenvalue weighted by atomic mass is 10.2. The molecule has 98 valence electrons. The van der Waals surface area contributed by atoms with Crippen molar-refractivity contribution in [2.75, 3.05) is 26.4 Å². The van der Waals surface area contributed by atoms with Gasteiger partial charge >= 0.3 is 0 Å². The van der Waals surface area contributed by atoms with Crippen LogP contribution in [0.3, 0.4) is 0 Å². The SMILES string of the molecule is O=C(NCC1COCCO1)c1ccc(F)cc1I. The second-order valence-electron chi connectivity index (χ2n) is 3.90. The molecule has 0 aromatic heterocycles. The predicted molar refractivity (Wildman–Crippen MR) is 72.0 cm³/mol. The fourth-order valence-corrected chi connectivity index (χ4v) is 2.35. The Balaban J connectivity index is 1.90. The quantitative estimate of drug-likeness (QED) is 0.828. The van der Waals surface area contributed by atoms with Crippen molar-refractivity contribution in [3.63, 3.8) is 0 Å². The van der Waals surface area contributed by atoms with Gasteiger partial charge in [-0.1, -0.05) is 0 Å². The lowest BCUT2D eigenvalue weighted by molar-refractivity contribution is -0.0855. The Morgan fingerprint density at radius 3 is 3.00 bits per heavy atom. The van der Waals surface area contributed by atoms with E-state index in [1.54, 1.807) is 0 Å². The molecule has 1 N–H and O–H groups in total. The first-order valence-corrected chi connectivity index (χ1v) is 6.67.